The molecule has 6 heteroatoms. The molecule has 0 unspecified atom stereocenters. The summed E-state index contributed by atoms with van der Waals surface area (Å²) in [6.07, 6.45) is 0. The van der Waals surface area contributed by atoms with Gasteiger partial charge in [-0.05, 0) is 12.1 Å². The van der Waals surface area contributed by atoms with Crippen molar-refractivity contribution in [2.45, 2.75) is 27.3 Å². The first-order valence-electron chi connectivity index (χ1n) is 6.23. The molecule has 1 aromatic heterocycles. The number of halogens is 1. The lowest BCUT2D eigenvalue weighted by atomic mass is 9.96. The number of nitrogens with zero attached hydrogens (tertiary/aromatic N) is 2. The van der Waals surface area contributed by atoms with Crippen LogP contribution in [0.3, 0.4) is 0 Å². The molecule has 106 valence electrons. The van der Waals surface area contributed by atoms with Crippen molar-refractivity contribution in [3.63, 3.8) is 0 Å². The first-order chi connectivity index (χ1) is 9.36. The molecule has 20 heavy (non-hydrogen) atoms. The fourth-order valence-corrected chi connectivity index (χ4v) is 1.89. The Labute approximate surface area is 125 Å². The van der Waals surface area contributed by atoms with E-state index in [1.807, 2.05) is 45.0 Å². The van der Waals surface area contributed by atoms with Gasteiger partial charge in [-0.2, -0.15) is 4.98 Å². The number of benzene rings is 1. The van der Waals surface area contributed by atoms with Crippen LogP contribution in [0.5, 0.6) is 0 Å². The van der Waals surface area contributed by atoms with Gasteiger partial charge < -0.3 is 9.84 Å². The molecule has 0 saturated heterocycles. The van der Waals surface area contributed by atoms with Crippen molar-refractivity contribution in [2.75, 3.05) is 0 Å². The standard InChI is InChI=1S/C14H16BrN3O2/c1-14(2,3)13(19)16-8-11-17-12(18-20-11)9-5-4-6-10(15)7-9/h4-7H,8H2,1-3H3,(H,16,19). The first-order valence-corrected chi connectivity index (χ1v) is 7.02. The van der Waals surface area contributed by atoms with Crippen molar-refractivity contribution in [3.05, 3.63) is 34.6 Å². The number of carbonyl (C=O) groups excluding carboxylic acids is 1. The first kappa shape index (κ1) is 14.7. The molecule has 5 nitrogen and oxygen atoms in total. The predicted molar refractivity (Wildman–Crippen MR) is 78.7 cm³/mol. The molecule has 1 heterocycles. The highest BCUT2D eigenvalue weighted by atomic mass is 79.9. The summed E-state index contributed by atoms with van der Waals surface area (Å²) in [6, 6.07) is 7.63. The Morgan fingerprint density at radius 2 is 2.15 bits per heavy atom. The third-order valence-corrected chi connectivity index (χ3v) is 3.13. The monoisotopic (exact) mass is 337 g/mol. The van der Waals surface area contributed by atoms with E-state index in [2.05, 4.69) is 31.4 Å². The maximum atomic E-state index is 11.8. The molecule has 0 aliphatic carbocycles. The maximum absolute atomic E-state index is 11.8. The molecule has 0 bridgehead atoms. The van der Waals surface area contributed by atoms with Crippen LogP contribution in [0.2, 0.25) is 0 Å². The fourth-order valence-electron chi connectivity index (χ4n) is 1.49. The van der Waals surface area contributed by atoms with Gasteiger partial charge in [-0.25, -0.2) is 0 Å². The lowest BCUT2D eigenvalue weighted by Crippen LogP contribution is -2.34. The minimum absolute atomic E-state index is 0.0558. The van der Waals surface area contributed by atoms with E-state index in [4.69, 9.17) is 4.52 Å². The zero-order valence-corrected chi connectivity index (χ0v) is 13.2. The van der Waals surface area contributed by atoms with Gasteiger partial charge in [-0.1, -0.05) is 54.0 Å². The quantitative estimate of drug-likeness (QED) is 0.933. The summed E-state index contributed by atoms with van der Waals surface area (Å²) in [6.45, 7) is 5.78. The van der Waals surface area contributed by atoms with Gasteiger partial charge in [0.2, 0.25) is 17.6 Å². The number of aromatic nitrogens is 2. The van der Waals surface area contributed by atoms with Crippen LogP contribution in [0.15, 0.2) is 33.3 Å². The molecule has 0 fully saturated rings. The van der Waals surface area contributed by atoms with Crippen LogP contribution in [-0.4, -0.2) is 16.0 Å². The van der Waals surface area contributed by atoms with Crippen molar-refractivity contribution in [1.82, 2.24) is 15.5 Å². The van der Waals surface area contributed by atoms with E-state index in [-0.39, 0.29) is 12.5 Å². The zero-order valence-electron chi connectivity index (χ0n) is 11.6. The Morgan fingerprint density at radius 3 is 2.80 bits per heavy atom. The van der Waals surface area contributed by atoms with E-state index >= 15 is 0 Å². The maximum Gasteiger partial charge on any atom is 0.246 e. The van der Waals surface area contributed by atoms with Crippen LogP contribution in [-0.2, 0) is 11.3 Å². The minimum atomic E-state index is -0.437. The van der Waals surface area contributed by atoms with Gasteiger partial charge in [0.15, 0.2) is 0 Å². The van der Waals surface area contributed by atoms with Gasteiger partial charge in [-0.15, -0.1) is 0 Å². The Morgan fingerprint density at radius 1 is 1.40 bits per heavy atom. The van der Waals surface area contributed by atoms with Crippen LogP contribution >= 0.6 is 15.9 Å². The molecule has 0 atom stereocenters. The fraction of sp³-hybridized carbons (Fsp3) is 0.357. The number of hydrogen-bond acceptors (Lipinski definition) is 4. The summed E-state index contributed by atoms with van der Waals surface area (Å²) < 4.78 is 6.08. The Kier molecular flexibility index (Phi) is 4.23. The largest absolute Gasteiger partial charge is 0.347 e. The van der Waals surface area contributed by atoms with Crippen LogP contribution in [0, 0.1) is 5.41 Å². The molecule has 0 aliphatic rings. The number of nitrogens with one attached hydrogen (secondary N) is 1. The Hall–Kier alpha value is -1.69. The second-order valence-corrected chi connectivity index (χ2v) is 6.37. The van der Waals surface area contributed by atoms with Crippen LogP contribution in [0.25, 0.3) is 11.4 Å². The van der Waals surface area contributed by atoms with E-state index in [1.165, 1.54) is 0 Å². The van der Waals surface area contributed by atoms with Gasteiger partial charge >= 0.3 is 0 Å². The molecule has 0 aliphatic heterocycles. The summed E-state index contributed by atoms with van der Waals surface area (Å²) in [5.41, 5.74) is 0.421. The van der Waals surface area contributed by atoms with Gasteiger partial charge in [0.05, 0.1) is 6.54 Å². The van der Waals surface area contributed by atoms with Gasteiger partial charge in [0.25, 0.3) is 0 Å². The molecule has 2 rings (SSSR count). The number of rotatable bonds is 3. The summed E-state index contributed by atoms with van der Waals surface area (Å²) in [5, 5.41) is 6.68. The van der Waals surface area contributed by atoms with Crippen LogP contribution in [0.4, 0.5) is 0 Å². The number of amides is 1. The van der Waals surface area contributed by atoms with Crippen molar-refractivity contribution in [3.8, 4) is 11.4 Å². The summed E-state index contributed by atoms with van der Waals surface area (Å²) in [7, 11) is 0. The van der Waals surface area contributed by atoms with Crippen molar-refractivity contribution < 1.29 is 9.32 Å². The van der Waals surface area contributed by atoms with Gasteiger partial charge in [0, 0.05) is 15.5 Å². The normalized spacial score (nSPS) is 11.4. The highest BCUT2D eigenvalue weighted by Crippen LogP contribution is 2.20. The van der Waals surface area contributed by atoms with E-state index in [0.717, 1.165) is 10.0 Å². The zero-order chi connectivity index (χ0) is 14.8. The molecule has 1 amide bonds. The van der Waals surface area contributed by atoms with Gasteiger partial charge in [-0.3, -0.25) is 4.79 Å². The number of carbonyl (C=O) groups is 1. The lowest BCUT2D eigenvalue weighted by molar-refractivity contribution is -0.128. The van der Waals surface area contributed by atoms with Crippen LogP contribution < -0.4 is 5.32 Å². The Bertz CT molecular complexity index is 617. The van der Waals surface area contributed by atoms with Crippen molar-refractivity contribution >= 4 is 21.8 Å². The molecular weight excluding hydrogens is 322 g/mol. The average molecular weight is 338 g/mol. The van der Waals surface area contributed by atoms with Crippen molar-refractivity contribution in [2.24, 2.45) is 5.41 Å². The van der Waals surface area contributed by atoms with Crippen LogP contribution in [0.1, 0.15) is 26.7 Å². The summed E-state index contributed by atoms with van der Waals surface area (Å²) in [4.78, 5) is 16.0. The highest BCUT2D eigenvalue weighted by Gasteiger charge is 2.21. The van der Waals surface area contributed by atoms with Gasteiger partial charge in [0.1, 0.15) is 0 Å². The van der Waals surface area contributed by atoms with E-state index in [1.54, 1.807) is 0 Å². The molecule has 0 spiro atoms. The molecule has 0 saturated carbocycles. The molecule has 1 aromatic carbocycles. The second-order valence-electron chi connectivity index (χ2n) is 5.45. The third-order valence-electron chi connectivity index (χ3n) is 2.63. The average Bonchev–Trinajstić information content (AvgIpc) is 2.83. The number of hydrogen-bond donors (Lipinski definition) is 1. The predicted octanol–water partition coefficient (Wildman–Crippen LogP) is 3.16. The lowest BCUT2D eigenvalue weighted by Gasteiger charge is -2.16. The third kappa shape index (κ3) is 3.66. The summed E-state index contributed by atoms with van der Waals surface area (Å²) in [5.74, 6) is 0.837. The minimum Gasteiger partial charge on any atom is -0.347 e. The second kappa shape index (κ2) is 5.75. The molecule has 2 aromatic rings. The molecule has 1 N–H and O–H groups in total. The van der Waals surface area contributed by atoms with E-state index in [9.17, 15) is 4.79 Å². The van der Waals surface area contributed by atoms with E-state index < -0.39 is 5.41 Å². The summed E-state index contributed by atoms with van der Waals surface area (Å²) >= 11 is 3.39. The van der Waals surface area contributed by atoms with Crippen molar-refractivity contribution in [1.29, 1.82) is 0 Å². The SMILES string of the molecule is CC(C)(C)C(=O)NCc1nc(-c2cccc(Br)c2)no1. The Balaban J connectivity index is 2.05. The molecular formula is C14H16BrN3O2. The smallest absolute Gasteiger partial charge is 0.246 e. The highest BCUT2D eigenvalue weighted by molar-refractivity contribution is 9.10. The van der Waals surface area contributed by atoms with E-state index in [0.29, 0.717) is 11.7 Å². The topological polar surface area (TPSA) is 68.0 Å². The molecule has 0 radical (unpaired) electrons.